The van der Waals surface area contributed by atoms with Crippen LogP contribution in [0.15, 0.2) is 18.2 Å². The van der Waals surface area contributed by atoms with Gasteiger partial charge in [-0.15, -0.1) is 0 Å². The van der Waals surface area contributed by atoms with Gasteiger partial charge in [-0.3, -0.25) is 9.59 Å². The molecule has 0 saturated carbocycles. The molecule has 0 atom stereocenters. The van der Waals surface area contributed by atoms with Crippen molar-refractivity contribution in [2.24, 2.45) is 0 Å². The minimum Gasteiger partial charge on any atom is -0.398 e. The summed E-state index contributed by atoms with van der Waals surface area (Å²) < 4.78 is 0. The fourth-order valence-electron chi connectivity index (χ4n) is 1.67. The molecular formula is C13H18ClN3O2. The molecule has 1 aromatic rings. The van der Waals surface area contributed by atoms with Crippen molar-refractivity contribution < 1.29 is 9.59 Å². The summed E-state index contributed by atoms with van der Waals surface area (Å²) in [4.78, 5) is 25.2. The summed E-state index contributed by atoms with van der Waals surface area (Å²) in [6.45, 7) is 2.45. The van der Waals surface area contributed by atoms with E-state index in [2.05, 4.69) is 5.32 Å². The number of amides is 2. The molecule has 0 aliphatic rings. The van der Waals surface area contributed by atoms with Crippen molar-refractivity contribution in [3.8, 4) is 0 Å². The Morgan fingerprint density at radius 3 is 2.63 bits per heavy atom. The first kappa shape index (κ1) is 15.3. The maximum Gasteiger partial charge on any atom is 0.256 e. The number of anilines is 1. The van der Waals surface area contributed by atoms with Gasteiger partial charge < -0.3 is 16.0 Å². The zero-order valence-corrected chi connectivity index (χ0v) is 11.8. The molecule has 5 nitrogen and oxygen atoms in total. The zero-order valence-electron chi connectivity index (χ0n) is 11.1. The number of benzene rings is 1. The zero-order chi connectivity index (χ0) is 14.4. The van der Waals surface area contributed by atoms with E-state index in [4.69, 9.17) is 17.3 Å². The number of hydrogen-bond donors (Lipinski definition) is 2. The molecule has 104 valence electrons. The van der Waals surface area contributed by atoms with Gasteiger partial charge in [0.1, 0.15) is 0 Å². The van der Waals surface area contributed by atoms with Gasteiger partial charge in [-0.05, 0) is 24.6 Å². The topological polar surface area (TPSA) is 75.4 Å². The van der Waals surface area contributed by atoms with Crippen molar-refractivity contribution in [2.45, 2.75) is 13.3 Å². The van der Waals surface area contributed by atoms with Crippen molar-refractivity contribution in [1.82, 2.24) is 10.2 Å². The molecule has 0 radical (unpaired) electrons. The molecule has 0 aliphatic carbocycles. The molecule has 0 saturated heterocycles. The van der Waals surface area contributed by atoms with E-state index in [0.717, 1.165) is 6.42 Å². The van der Waals surface area contributed by atoms with Gasteiger partial charge in [-0.25, -0.2) is 0 Å². The number of likely N-dealkylation sites (N-methyl/N-ethyl adjacent to an activating group) is 1. The lowest BCUT2D eigenvalue weighted by Crippen LogP contribution is -2.40. The third kappa shape index (κ3) is 4.13. The van der Waals surface area contributed by atoms with E-state index in [1.54, 1.807) is 12.1 Å². The first-order chi connectivity index (χ1) is 8.99. The highest BCUT2D eigenvalue weighted by molar-refractivity contribution is 6.31. The number of nitrogens with two attached hydrogens (primary N) is 1. The van der Waals surface area contributed by atoms with Crippen molar-refractivity contribution in [3.05, 3.63) is 28.8 Å². The largest absolute Gasteiger partial charge is 0.398 e. The van der Waals surface area contributed by atoms with Gasteiger partial charge in [0.05, 0.1) is 12.1 Å². The van der Waals surface area contributed by atoms with Crippen molar-refractivity contribution in [2.75, 3.05) is 25.9 Å². The molecule has 1 rings (SSSR count). The molecule has 6 heteroatoms. The summed E-state index contributed by atoms with van der Waals surface area (Å²) >= 11 is 5.80. The van der Waals surface area contributed by atoms with Crippen LogP contribution >= 0.6 is 11.6 Å². The predicted octanol–water partition coefficient (Wildman–Crippen LogP) is 1.52. The molecule has 3 N–H and O–H groups in total. The molecule has 0 aliphatic heterocycles. The van der Waals surface area contributed by atoms with Crippen LogP contribution in [0.2, 0.25) is 5.02 Å². The number of hydrogen-bond acceptors (Lipinski definition) is 3. The van der Waals surface area contributed by atoms with Crippen LogP contribution in [-0.4, -0.2) is 36.9 Å². The first-order valence-corrected chi connectivity index (χ1v) is 6.42. The summed E-state index contributed by atoms with van der Waals surface area (Å²) in [5.74, 6) is -0.478. The van der Waals surface area contributed by atoms with E-state index in [0.29, 0.717) is 22.8 Å². The lowest BCUT2D eigenvalue weighted by Gasteiger charge is -2.22. The van der Waals surface area contributed by atoms with Gasteiger partial charge in [0, 0.05) is 24.3 Å². The standard InChI is InChI=1S/C13H18ClN3O2/c1-3-6-17(8-12(18)16-2)13(19)10-5-4-9(14)7-11(10)15/h4-5,7H,3,6,8,15H2,1-2H3,(H,16,18). The van der Waals surface area contributed by atoms with E-state index in [9.17, 15) is 9.59 Å². The molecule has 0 unspecified atom stereocenters. The smallest absolute Gasteiger partial charge is 0.256 e. The lowest BCUT2D eigenvalue weighted by molar-refractivity contribution is -0.121. The van der Waals surface area contributed by atoms with Crippen molar-refractivity contribution in [1.29, 1.82) is 0 Å². The number of rotatable bonds is 5. The summed E-state index contributed by atoms with van der Waals surface area (Å²) in [5, 5.41) is 2.97. The van der Waals surface area contributed by atoms with Crippen LogP contribution in [0.3, 0.4) is 0 Å². The van der Waals surface area contributed by atoms with E-state index in [1.807, 2.05) is 6.92 Å². The Kier molecular flexibility index (Phi) is 5.63. The van der Waals surface area contributed by atoms with E-state index >= 15 is 0 Å². The summed E-state index contributed by atoms with van der Waals surface area (Å²) in [7, 11) is 1.54. The van der Waals surface area contributed by atoms with Crippen LogP contribution in [0.5, 0.6) is 0 Å². The fraction of sp³-hybridized carbons (Fsp3) is 0.385. The number of nitrogens with zero attached hydrogens (tertiary/aromatic N) is 1. The van der Waals surface area contributed by atoms with Crippen LogP contribution in [0.4, 0.5) is 5.69 Å². The molecule has 2 amide bonds. The van der Waals surface area contributed by atoms with Crippen molar-refractivity contribution in [3.63, 3.8) is 0 Å². The molecular weight excluding hydrogens is 266 g/mol. The number of nitrogen functional groups attached to an aromatic ring is 1. The Morgan fingerprint density at radius 2 is 2.11 bits per heavy atom. The molecule has 0 bridgehead atoms. The predicted molar refractivity (Wildman–Crippen MR) is 76.1 cm³/mol. The van der Waals surface area contributed by atoms with Gasteiger partial charge in [0.15, 0.2) is 0 Å². The maximum absolute atomic E-state index is 12.3. The maximum atomic E-state index is 12.3. The molecule has 1 aromatic carbocycles. The minimum atomic E-state index is -0.264. The number of nitrogens with one attached hydrogen (secondary N) is 1. The Hall–Kier alpha value is -1.75. The van der Waals surface area contributed by atoms with E-state index < -0.39 is 0 Å². The SMILES string of the molecule is CCCN(CC(=O)NC)C(=O)c1ccc(Cl)cc1N. The third-order valence-electron chi connectivity index (χ3n) is 2.64. The fourth-order valence-corrected chi connectivity index (χ4v) is 1.85. The van der Waals surface area contributed by atoms with Crippen LogP contribution in [0, 0.1) is 0 Å². The second kappa shape index (κ2) is 6.99. The van der Waals surface area contributed by atoms with Gasteiger partial charge in [0.25, 0.3) is 5.91 Å². The summed E-state index contributed by atoms with van der Waals surface area (Å²) in [5.41, 5.74) is 6.47. The highest BCUT2D eigenvalue weighted by atomic mass is 35.5. The molecule has 0 heterocycles. The average Bonchev–Trinajstić information content (AvgIpc) is 2.37. The normalized spacial score (nSPS) is 10.1. The number of carbonyl (C=O) groups excluding carboxylic acids is 2. The van der Waals surface area contributed by atoms with Crippen LogP contribution in [-0.2, 0) is 4.79 Å². The second-order valence-corrected chi connectivity index (χ2v) is 4.57. The van der Waals surface area contributed by atoms with Crippen LogP contribution < -0.4 is 11.1 Å². The van der Waals surface area contributed by atoms with Crippen LogP contribution in [0.1, 0.15) is 23.7 Å². The van der Waals surface area contributed by atoms with Gasteiger partial charge in [-0.2, -0.15) is 0 Å². The number of carbonyl (C=O) groups is 2. The Bertz CT molecular complexity index is 477. The quantitative estimate of drug-likeness (QED) is 0.805. The third-order valence-corrected chi connectivity index (χ3v) is 2.87. The average molecular weight is 284 g/mol. The van der Waals surface area contributed by atoms with Gasteiger partial charge in [-0.1, -0.05) is 18.5 Å². The highest BCUT2D eigenvalue weighted by Crippen LogP contribution is 2.19. The first-order valence-electron chi connectivity index (χ1n) is 6.04. The Labute approximate surface area is 117 Å². The Balaban J connectivity index is 2.95. The lowest BCUT2D eigenvalue weighted by atomic mass is 10.1. The van der Waals surface area contributed by atoms with E-state index in [1.165, 1.54) is 18.0 Å². The Morgan fingerprint density at radius 1 is 1.42 bits per heavy atom. The molecule has 0 aromatic heterocycles. The molecule has 0 fully saturated rings. The summed E-state index contributed by atoms with van der Waals surface area (Å²) in [6.07, 6.45) is 0.760. The molecule has 19 heavy (non-hydrogen) atoms. The van der Waals surface area contributed by atoms with Crippen molar-refractivity contribution >= 4 is 29.1 Å². The summed E-state index contributed by atoms with van der Waals surface area (Å²) in [6, 6.07) is 4.71. The van der Waals surface area contributed by atoms with Gasteiger partial charge >= 0.3 is 0 Å². The highest BCUT2D eigenvalue weighted by Gasteiger charge is 2.19. The van der Waals surface area contributed by atoms with Crippen LogP contribution in [0.25, 0.3) is 0 Å². The monoisotopic (exact) mass is 283 g/mol. The minimum absolute atomic E-state index is 0.0191. The van der Waals surface area contributed by atoms with E-state index in [-0.39, 0.29) is 18.4 Å². The number of halogens is 1. The molecule has 0 spiro atoms. The second-order valence-electron chi connectivity index (χ2n) is 4.13. The van der Waals surface area contributed by atoms with Gasteiger partial charge in [0.2, 0.25) is 5.91 Å².